The first-order chi connectivity index (χ1) is 9.63. The van der Waals surface area contributed by atoms with Gasteiger partial charge in [0.15, 0.2) is 4.96 Å². The number of fused-ring (bicyclic) bond motifs is 1. The third-order valence-corrected chi connectivity index (χ3v) is 4.09. The minimum Gasteiger partial charge on any atom is -0.481 e. The molecule has 1 amide bonds. The molecule has 106 valence electrons. The molecule has 8 heteroatoms. The Kier molecular flexibility index (Phi) is 3.41. The van der Waals surface area contributed by atoms with Gasteiger partial charge in [-0.25, -0.2) is 4.98 Å². The summed E-state index contributed by atoms with van der Waals surface area (Å²) in [4.78, 5) is 29.9. The summed E-state index contributed by atoms with van der Waals surface area (Å²) in [5, 5.41) is 13.6. The van der Waals surface area contributed by atoms with Crippen molar-refractivity contribution in [2.24, 2.45) is 0 Å². The lowest BCUT2D eigenvalue weighted by Gasteiger charge is -2.33. The molecule has 3 rings (SSSR count). The molecule has 0 aromatic carbocycles. The number of hydrogen-bond acceptors (Lipinski definition) is 5. The molecule has 0 bridgehead atoms. The molecule has 0 spiro atoms. The van der Waals surface area contributed by atoms with Crippen molar-refractivity contribution in [3.8, 4) is 0 Å². The third-order valence-electron chi connectivity index (χ3n) is 3.32. The number of hydrogen-bond donors (Lipinski definition) is 2. The Morgan fingerprint density at radius 2 is 2.45 bits per heavy atom. The number of nitrogens with one attached hydrogen (secondary N) is 1. The second-order valence-corrected chi connectivity index (χ2v) is 5.57. The average molecular weight is 294 g/mol. The van der Waals surface area contributed by atoms with Crippen LogP contribution in [0.1, 0.15) is 12.1 Å². The lowest BCUT2D eigenvalue weighted by molar-refractivity contribution is -0.143. The zero-order valence-electron chi connectivity index (χ0n) is 10.7. The summed E-state index contributed by atoms with van der Waals surface area (Å²) in [5.41, 5.74) is 0.849. The summed E-state index contributed by atoms with van der Waals surface area (Å²) in [6, 6.07) is -0.624. The predicted molar refractivity (Wildman–Crippen MR) is 72.5 cm³/mol. The highest BCUT2D eigenvalue weighted by molar-refractivity contribution is 7.15. The van der Waals surface area contributed by atoms with Crippen LogP contribution < -0.4 is 5.32 Å². The summed E-state index contributed by atoms with van der Waals surface area (Å²) < 4.78 is 1.93. The van der Waals surface area contributed by atoms with Crippen molar-refractivity contribution < 1.29 is 14.7 Å². The first kappa shape index (κ1) is 13.1. The largest absolute Gasteiger partial charge is 0.481 e. The number of carbonyl (C=O) groups excluding carboxylic acids is 1. The number of rotatable bonds is 4. The number of amides is 1. The molecular weight excluding hydrogens is 280 g/mol. The van der Waals surface area contributed by atoms with Gasteiger partial charge in [-0.05, 0) is 0 Å². The van der Waals surface area contributed by atoms with Crippen LogP contribution in [0.3, 0.4) is 0 Å². The van der Waals surface area contributed by atoms with Crippen LogP contribution in [0.2, 0.25) is 0 Å². The number of aromatic nitrogens is 2. The second kappa shape index (κ2) is 5.22. The SMILES string of the molecule is O=C(O)CC1C(=O)NCCN1Cc1cn2ccsc2n1. The van der Waals surface area contributed by atoms with E-state index >= 15 is 0 Å². The zero-order chi connectivity index (χ0) is 14.1. The molecule has 1 saturated heterocycles. The van der Waals surface area contributed by atoms with E-state index in [1.54, 1.807) is 11.3 Å². The van der Waals surface area contributed by atoms with E-state index in [2.05, 4.69) is 10.3 Å². The van der Waals surface area contributed by atoms with Gasteiger partial charge in [0.05, 0.1) is 12.1 Å². The summed E-state index contributed by atoms with van der Waals surface area (Å²) in [6.45, 7) is 1.66. The molecule has 1 aliphatic rings. The van der Waals surface area contributed by atoms with Crippen molar-refractivity contribution in [3.05, 3.63) is 23.5 Å². The van der Waals surface area contributed by atoms with E-state index < -0.39 is 12.0 Å². The van der Waals surface area contributed by atoms with Crippen molar-refractivity contribution in [3.63, 3.8) is 0 Å². The number of aliphatic carboxylic acids is 1. The maximum Gasteiger partial charge on any atom is 0.305 e. The van der Waals surface area contributed by atoms with Gasteiger partial charge >= 0.3 is 5.97 Å². The van der Waals surface area contributed by atoms with Gasteiger partial charge in [-0.1, -0.05) is 0 Å². The number of carboxylic acid groups (broad SMARTS) is 1. The Balaban J connectivity index is 1.77. The molecule has 0 aliphatic carbocycles. The zero-order valence-corrected chi connectivity index (χ0v) is 11.5. The first-order valence-corrected chi connectivity index (χ1v) is 7.16. The fourth-order valence-corrected chi connectivity index (χ4v) is 3.12. The van der Waals surface area contributed by atoms with E-state index in [-0.39, 0.29) is 12.3 Å². The van der Waals surface area contributed by atoms with Gasteiger partial charge in [0.1, 0.15) is 6.04 Å². The van der Waals surface area contributed by atoms with Crippen molar-refractivity contribution in [1.29, 1.82) is 0 Å². The number of thiazole rings is 1. The van der Waals surface area contributed by atoms with Crippen LogP contribution in [-0.2, 0) is 16.1 Å². The van der Waals surface area contributed by atoms with Gasteiger partial charge in [0, 0.05) is 37.4 Å². The molecule has 2 aromatic rings. The normalized spacial score (nSPS) is 20.2. The number of carbonyl (C=O) groups is 2. The van der Waals surface area contributed by atoms with E-state index in [9.17, 15) is 9.59 Å². The molecule has 1 unspecified atom stereocenters. The Labute approximate surface area is 118 Å². The Morgan fingerprint density at radius 1 is 1.60 bits per heavy atom. The van der Waals surface area contributed by atoms with Crippen LogP contribution in [0.15, 0.2) is 17.8 Å². The molecule has 0 radical (unpaired) electrons. The summed E-state index contributed by atoms with van der Waals surface area (Å²) in [7, 11) is 0. The number of nitrogens with zero attached hydrogens (tertiary/aromatic N) is 3. The van der Waals surface area contributed by atoms with Gasteiger partial charge in [0.25, 0.3) is 0 Å². The highest BCUT2D eigenvalue weighted by Gasteiger charge is 2.31. The van der Waals surface area contributed by atoms with Crippen LogP contribution in [-0.4, -0.2) is 50.4 Å². The van der Waals surface area contributed by atoms with Crippen molar-refractivity contribution in [2.45, 2.75) is 19.0 Å². The number of carboxylic acids is 1. The van der Waals surface area contributed by atoms with Gasteiger partial charge in [-0.3, -0.25) is 18.9 Å². The number of piperazine rings is 1. The lowest BCUT2D eigenvalue weighted by Crippen LogP contribution is -2.55. The maximum absolute atomic E-state index is 11.8. The predicted octanol–water partition coefficient (Wildman–Crippen LogP) is 0.171. The van der Waals surface area contributed by atoms with E-state index in [0.717, 1.165) is 10.7 Å². The maximum atomic E-state index is 11.8. The molecule has 7 nitrogen and oxygen atoms in total. The molecule has 1 aliphatic heterocycles. The molecule has 2 aromatic heterocycles. The first-order valence-electron chi connectivity index (χ1n) is 6.28. The highest BCUT2D eigenvalue weighted by atomic mass is 32.1. The van der Waals surface area contributed by atoms with E-state index in [1.165, 1.54) is 0 Å². The Morgan fingerprint density at radius 3 is 3.20 bits per heavy atom. The van der Waals surface area contributed by atoms with E-state index in [1.807, 2.05) is 27.1 Å². The molecule has 3 heterocycles. The fraction of sp³-hybridized carbons (Fsp3) is 0.417. The van der Waals surface area contributed by atoms with Gasteiger partial charge < -0.3 is 10.4 Å². The monoisotopic (exact) mass is 294 g/mol. The van der Waals surface area contributed by atoms with Crippen LogP contribution >= 0.6 is 11.3 Å². The smallest absolute Gasteiger partial charge is 0.305 e. The third kappa shape index (κ3) is 2.52. The van der Waals surface area contributed by atoms with Crippen molar-refractivity contribution >= 4 is 28.2 Å². The quantitative estimate of drug-likeness (QED) is 0.839. The van der Waals surface area contributed by atoms with Crippen LogP contribution in [0.5, 0.6) is 0 Å². The standard InChI is InChI=1S/C12H14N4O3S/c17-10(18)5-9-11(19)13-1-2-15(9)6-8-7-16-3-4-20-12(16)14-8/h3-4,7,9H,1-2,5-6H2,(H,13,19)(H,17,18). The van der Waals surface area contributed by atoms with Crippen LogP contribution in [0.25, 0.3) is 4.96 Å². The lowest BCUT2D eigenvalue weighted by atomic mass is 10.1. The number of imidazole rings is 1. The Bertz CT molecular complexity index is 621. The Hall–Kier alpha value is -1.93. The van der Waals surface area contributed by atoms with Crippen LogP contribution in [0.4, 0.5) is 0 Å². The van der Waals surface area contributed by atoms with Gasteiger partial charge in [-0.15, -0.1) is 11.3 Å². The molecule has 1 atom stereocenters. The minimum atomic E-state index is -0.970. The second-order valence-electron chi connectivity index (χ2n) is 4.70. The summed E-state index contributed by atoms with van der Waals surface area (Å²) in [5.74, 6) is -1.19. The van der Waals surface area contributed by atoms with E-state index in [4.69, 9.17) is 5.11 Å². The van der Waals surface area contributed by atoms with Crippen molar-refractivity contribution in [1.82, 2.24) is 19.6 Å². The summed E-state index contributed by atoms with van der Waals surface area (Å²) >= 11 is 1.54. The molecular formula is C12H14N4O3S. The molecule has 20 heavy (non-hydrogen) atoms. The summed E-state index contributed by atoms with van der Waals surface area (Å²) in [6.07, 6.45) is 3.65. The highest BCUT2D eigenvalue weighted by Crippen LogP contribution is 2.16. The van der Waals surface area contributed by atoms with Crippen molar-refractivity contribution in [2.75, 3.05) is 13.1 Å². The molecule has 2 N–H and O–H groups in total. The fourth-order valence-electron chi connectivity index (χ4n) is 2.40. The van der Waals surface area contributed by atoms with E-state index in [0.29, 0.717) is 19.6 Å². The van der Waals surface area contributed by atoms with Gasteiger partial charge in [-0.2, -0.15) is 0 Å². The molecule has 0 saturated carbocycles. The average Bonchev–Trinajstić information content (AvgIpc) is 2.94. The molecule has 1 fully saturated rings. The van der Waals surface area contributed by atoms with Gasteiger partial charge in [0.2, 0.25) is 5.91 Å². The van der Waals surface area contributed by atoms with Crippen LogP contribution in [0, 0.1) is 0 Å². The minimum absolute atomic E-state index is 0.186. The topological polar surface area (TPSA) is 86.9 Å².